The standard InChI is InChI=1S/C17H11ClN4O3/c18-12-5-6-15(25-8-7-19)11(9-12)10-20-22-16(23)13-3-1-2-4-14(13)21-17(22)24/h1-6,9-10H,8H2,(H,21,24). The monoisotopic (exact) mass is 354 g/mol. The van der Waals surface area contributed by atoms with Crippen LogP contribution >= 0.6 is 11.6 Å². The Hall–Kier alpha value is -3.37. The molecule has 0 aliphatic carbocycles. The van der Waals surface area contributed by atoms with E-state index in [1.807, 2.05) is 6.07 Å². The largest absolute Gasteiger partial charge is 0.478 e. The number of halogens is 1. The summed E-state index contributed by atoms with van der Waals surface area (Å²) in [6.07, 6.45) is 1.28. The van der Waals surface area contributed by atoms with Gasteiger partial charge in [0, 0.05) is 10.6 Å². The number of nitrogens with zero attached hydrogens (tertiary/aromatic N) is 3. The zero-order chi connectivity index (χ0) is 17.8. The first-order chi connectivity index (χ1) is 12.1. The first-order valence-corrected chi connectivity index (χ1v) is 7.55. The molecule has 0 bridgehead atoms. The number of ether oxygens (including phenoxy) is 1. The van der Waals surface area contributed by atoms with Crippen LogP contribution in [0.4, 0.5) is 0 Å². The molecule has 1 heterocycles. The van der Waals surface area contributed by atoms with Crippen LogP contribution in [0.5, 0.6) is 5.75 Å². The summed E-state index contributed by atoms with van der Waals surface area (Å²) < 4.78 is 6.00. The van der Waals surface area contributed by atoms with Gasteiger partial charge < -0.3 is 9.72 Å². The van der Waals surface area contributed by atoms with Gasteiger partial charge in [-0.05, 0) is 30.3 Å². The van der Waals surface area contributed by atoms with Crippen LogP contribution in [0.15, 0.2) is 57.2 Å². The Balaban J connectivity index is 2.08. The van der Waals surface area contributed by atoms with Crippen LogP contribution in [0.1, 0.15) is 5.56 Å². The summed E-state index contributed by atoms with van der Waals surface area (Å²) in [5.74, 6) is 0.361. The fourth-order valence-corrected chi connectivity index (χ4v) is 2.42. The molecule has 0 saturated heterocycles. The van der Waals surface area contributed by atoms with E-state index in [9.17, 15) is 9.59 Å². The van der Waals surface area contributed by atoms with Crippen LogP contribution in [0, 0.1) is 11.3 Å². The second-order valence-corrected chi connectivity index (χ2v) is 5.40. The van der Waals surface area contributed by atoms with Crippen molar-refractivity contribution in [1.82, 2.24) is 9.66 Å². The van der Waals surface area contributed by atoms with Crippen molar-refractivity contribution in [3.63, 3.8) is 0 Å². The Bertz CT molecular complexity index is 1130. The van der Waals surface area contributed by atoms with Crippen LogP contribution in [0.25, 0.3) is 10.9 Å². The smallest absolute Gasteiger partial charge is 0.349 e. The van der Waals surface area contributed by atoms with Crippen molar-refractivity contribution >= 4 is 28.7 Å². The highest BCUT2D eigenvalue weighted by molar-refractivity contribution is 6.30. The maximum absolute atomic E-state index is 12.4. The molecule has 0 unspecified atom stereocenters. The number of aromatic amines is 1. The van der Waals surface area contributed by atoms with Gasteiger partial charge in [0.15, 0.2) is 6.61 Å². The van der Waals surface area contributed by atoms with Crippen molar-refractivity contribution in [3.8, 4) is 11.8 Å². The predicted octanol–water partition coefficient (Wildman–Crippen LogP) is 2.13. The van der Waals surface area contributed by atoms with E-state index in [2.05, 4.69) is 10.1 Å². The molecule has 1 aromatic heterocycles. The summed E-state index contributed by atoms with van der Waals surface area (Å²) in [5, 5.41) is 13.3. The summed E-state index contributed by atoms with van der Waals surface area (Å²) in [6.45, 7) is -0.154. The van der Waals surface area contributed by atoms with Gasteiger partial charge in [-0.1, -0.05) is 23.7 Å². The highest BCUT2D eigenvalue weighted by Crippen LogP contribution is 2.21. The number of nitriles is 1. The zero-order valence-electron chi connectivity index (χ0n) is 12.8. The van der Waals surface area contributed by atoms with Crippen LogP contribution in [-0.4, -0.2) is 22.5 Å². The third-order valence-electron chi connectivity index (χ3n) is 3.36. The summed E-state index contributed by atoms with van der Waals surface area (Å²) in [4.78, 5) is 27.1. The molecule has 7 nitrogen and oxygen atoms in total. The summed E-state index contributed by atoms with van der Waals surface area (Å²) in [5.41, 5.74) is -0.342. The molecule has 0 atom stereocenters. The van der Waals surface area contributed by atoms with Crippen molar-refractivity contribution in [2.75, 3.05) is 6.61 Å². The van der Waals surface area contributed by atoms with Crippen LogP contribution in [0.3, 0.4) is 0 Å². The third-order valence-corrected chi connectivity index (χ3v) is 3.60. The van der Waals surface area contributed by atoms with E-state index in [1.54, 1.807) is 42.5 Å². The lowest BCUT2D eigenvalue weighted by Gasteiger charge is -2.06. The number of benzene rings is 2. The van der Waals surface area contributed by atoms with Gasteiger partial charge in [0.25, 0.3) is 5.56 Å². The molecule has 0 spiro atoms. The zero-order valence-corrected chi connectivity index (χ0v) is 13.5. The average Bonchev–Trinajstić information content (AvgIpc) is 2.61. The SMILES string of the molecule is N#CCOc1ccc(Cl)cc1C=Nn1c(=O)[nH]c2ccccc2c1=O. The Morgan fingerprint density at radius 2 is 2.08 bits per heavy atom. The number of hydrogen-bond donors (Lipinski definition) is 1. The molecule has 0 saturated carbocycles. The normalized spacial score (nSPS) is 10.9. The average molecular weight is 355 g/mol. The second-order valence-electron chi connectivity index (χ2n) is 4.97. The molecule has 25 heavy (non-hydrogen) atoms. The van der Waals surface area contributed by atoms with Crippen molar-refractivity contribution in [2.45, 2.75) is 0 Å². The molecule has 3 aromatic rings. The van der Waals surface area contributed by atoms with Gasteiger partial charge in [0.1, 0.15) is 11.8 Å². The maximum Gasteiger partial charge on any atom is 0.349 e. The maximum atomic E-state index is 12.4. The minimum Gasteiger partial charge on any atom is -0.478 e. The number of H-pyrrole nitrogens is 1. The van der Waals surface area contributed by atoms with E-state index in [0.717, 1.165) is 4.68 Å². The van der Waals surface area contributed by atoms with E-state index in [4.69, 9.17) is 21.6 Å². The molecular weight excluding hydrogens is 344 g/mol. The van der Waals surface area contributed by atoms with Crippen molar-refractivity contribution < 1.29 is 4.74 Å². The van der Waals surface area contributed by atoms with Gasteiger partial charge in [-0.15, -0.1) is 4.68 Å². The molecule has 0 aliphatic heterocycles. The van der Waals surface area contributed by atoms with Crippen LogP contribution < -0.4 is 16.0 Å². The van der Waals surface area contributed by atoms with E-state index in [1.165, 1.54) is 6.21 Å². The number of rotatable bonds is 4. The van der Waals surface area contributed by atoms with Crippen molar-refractivity contribution in [1.29, 1.82) is 5.26 Å². The summed E-state index contributed by atoms with van der Waals surface area (Å²) >= 11 is 5.95. The number of nitrogens with one attached hydrogen (secondary N) is 1. The molecule has 0 radical (unpaired) electrons. The van der Waals surface area contributed by atoms with Crippen molar-refractivity contribution in [2.24, 2.45) is 5.10 Å². The minimum absolute atomic E-state index is 0.154. The fourth-order valence-electron chi connectivity index (χ4n) is 2.24. The minimum atomic E-state index is -0.665. The number of aromatic nitrogens is 2. The van der Waals surface area contributed by atoms with Crippen LogP contribution in [0.2, 0.25) is 5.02 Å². The molecule has 0 amide bonds. The lowest BCUT2D eigenvalue weighted by Crippen LogP contribution is -2.32. The first-order valence-electron chi connectivity index (χ1n) is 7.18. The number of fused-ring (bicyclic) bond motifs is 1. The Kier molecular flexibility index (Phi) is 4.64. The van der Waals surface area contributed by atoms with Gasteiger partial charge >= 0.3 is 5.69 Å². The fraction of sp³-hybridized carbons (Fsp3) is 0.0588. The van der Waals surface area contributed by atoms with Crippen molar-refractivity contribution in [3.05, 3.63) is 73.9 Å². The molecule has 1 N–H and O–H groups in total. The molecule has 0 aliphatic rings. The van der Waals surface area contributed by atoms with Gasteiger partial charge in [0.2, 0.25) is 0 Å². The van der Waals surface area contributed by atoms with Gasteiger partial charge in [-0.2, -0.15) is 10.4 Å². The Morgan fingerprint density at radius 3 is 2.88 bits per heavy atom. The topological polar surface area (TPSA) is 100 Å². The molecular formula is C17H11ClN4O3. The van der Waals surface area contributed by atoms with Gasteiger partial charge in [0.05, 0.1) is 17.1 Å². The predicted molar refractivity (Wildman–Crippen MR) is 94.4 cm³/mol. The lowest BCUT2D eigenvalue weighted by molar-refractivity contribution is 0.367. The van der Waals surface area contributed by atoms with E-state index >= 15 is 0 Å². The van der Waals surface area contributed by atoms with Gasteiger partial charge in [-0.3, -0.25) is 4.79 Å². The molecule has 0 fully saturated rings. The van der Waals surface area contributed by atoms with Crippen LogP contribution in [-0.2, 0) is 0 Å². The summed E-state index contributed by atoms with van der Waals surface area (Å²) in [6, 6.07) is 13.2. The highest BCUT2D eigenvalue weighted by atomic mass is 35.5. The molecule has 124 valence electrons. The molecule has 3 rings (SSSR count). The van der Waals surface area contributed by atoms with E-state index < -0.39 is 11.2 Å². The van der Waals surface area contributed by atoms with E-state index in [-0.39, 0.29) is 6.61 Å². The second kappa shape index (κ2) is 7.03. The number of hydrogen-bond acceptors (Lipinski definition) is 5. The Morgan fingerprint density at radius 1 is 1.28 bits per heavy atom. The number of para-hydroxylation sites is 1. The molecule has 8 heteroatoms. The Labute approximate surface area is 146 Å². The summed E-state index contributed by atoms with van der Waals surface area (Å²) in [7, 11) is 0. The highest BCUT2D eigenvalue weighted by Gasteiger charge is 2.07. The first kappa shape index (κ1) is 16.5. The lowest BCUT2D eigenvalue weighted by atomic mass is 10.2. The van der Waals surface area contributed by atoms with E-state index in [0.29, 0.717) is 27.2 Å². The third kappa shape index (κ3) is 3.44. The quantitative estimate of drug-likeness (QED) is 0.725. The molecule has 2 aromatic carbocycles. The van der Waals surface area contributed by atoms with Gasteiger partial charge in [-0.25, -0.2) is 4.79 Å².